The first-order chi connectivity index (χ1) is 11.1. The molecule has 3 rings (SSSR count). The number of halogens is 1. The van der Waals surface area contributed by atoms with Gasteiger partial charge >= 0.3 is 5.97 Å². The Morgan fingerprint density at radius 3 is 2.61 bits per heavy atom. The highest BCUT2D eigenvalue weighted by Crippen LogP contribution is 2.21. The number of nitrogens with zero attached hydrogens (tertiary/aromatic N) is 4. The normalized spacial score (nSPS) is 10.9. The zero-order valence-corrected chi connectivity index (χ0v) is 13.2. The Hall–Kier alpha value is -2.67. The van der Waals surface area contributed by atoms with E-state index in [1.165, 1.54) is 11.6 Å². The molecule has 3 aromatic rings. The number of methoxy groups -OCH3 is 1. The summed E-state index contributed by atoms with van der Waals surface area (Å²) in [7, 11) is 1.23. The summed E-state index contributed by atoms with van der Waals surface area (Å²) >= 11 is 5.91. The second kappa shape index (κ2) is 5.85. The number of benzene rings is 1. The average molecular weight is 333 g/mol. The molecule has 1 aromatic carbocycles. The zero-order valence-electron chi connectivity index (χ0n) is 12.5. The zero-order chi connectivity index (χ0) is 16.6. The van der Waals surface area contributed by atoms with Gasteiger partial charge < -0.3 is 9.30 Å². The van der Waals surface area contributed by atoms with Crippen molar-refractivity contribution in [3.05, 3.63) is 51.5 Å². The molecule has 118 valence electrons. The molecular formula is C15H13ClN4O3. The minimum absolute atomic E-state index is 0.0939. The van der Waals surface area contributed by atoms with Gasteiger partial charge in [0.05, 0.1) is 19.0 Å². The highest BCUT2D eigenvalue weighted by Gasteiger charge is 2.21. The highest BCUT2D eigenvalue weighted by atomic mass is 35.5. The fourth-order valence-electron chi connectivity index (χ4n) is 2.41. The molecule has 0 saturated heterocycles. The van der Waals surface area contributed by atoms with E-state index in [0.29, 0.717) is 17.3 Å². The Bertz CT molecular complexity index is 944. The highest BCUT2D eigenvalue weighted by molar-refractivity contribution is 6.30. The van der Waals surface area contributed by atoms with Gasteiger partial charge in [-0.05, 0) is 24.6 Å². The van der Waals surface area contributed by atoms with E-state index in [0.717, 1.165) is 5.56 Å². The second-order valence-corrected chi connectivity index (χ2v) is 5.23. The van der Waals surface area contributed by atoms with E-state index >= 15 is 0 Å². The van der Waals surface area contributed by atoms with E-state index in [1.54, 1.807) is 22.9 Å². The van der Waals surface area contributed by atoms with Crippen LogP contribution in [-0.4, -0.2) is 32.5 Å². The van der Waals surface area contributed by atoms with Crippen molar-refractivity contribution >= 4 is 23.1 Å². The van der Waals surface area contributed by atoms with E-state index in [4.69, 9.17) is 11.6 Å². The molecule has 0 aliphatic carbocycles. The molecule has 0 N–H and O–H groups in total. The summed E-state index contributed by atoms with van der Waals surface area (Å²) in [6, 6.07) is 7.11. The van der Waals surface area contributed by atoms with Crippen LogP contribution in [0.2, 0.25) is 5.02 Å². The number of rotatable bonds is 3. The Balaban J connectivity index is 2.31. The summed E-state index contributed by atoms with van der Waals surface area (Å²) in [5.41, 5.74) is 1.11. The first kappa shape index (κ1) is 15.2. The third-order valence-corrected chi connectivity index (χ3v) is 3.76. The standard InChI is InChI=1S/C15H13ClN4O3/c1-3-19-11(9-4-6-10(16)7-5-9)8-20-13(14(19)21)12(17-18-20)15(22)23-2/h4-8H,3H2,1-2H3. The number of fused-ring (bicyclic) bond motifs is 1. The summed E-state index contributed by atoms with van der Waals surface area (Å²) < 4.78 is 7.49. The van der Waals surface area contributed by atoms with Crippen LogP contribution in [0.25, 0.3) is 16.8 Å². The van der Waals surface area contributed by atoms with Crippen LogP contribution in [0.4, 0.5) is 0 Å². The molecule has 0 aliphatic rings. The van der Waals surface area contributed by atoms with Crippen molar-refractivity contribution in [2.75, 3.05) is 7.11 Å². The van der Waals surface area contributed by atoms with E-state index in [2.05, 4.69) is 15.0 Å². The topological polar surface area (TPSA) is 78.5 Å². The third kappa shape index (κ3) is 2.49. The largest absolute Gasteiger partial charge is 0.464 e. The number of carbonyl (C=O) groups excluding carboxylic acids is 1. The molecule has 0 spiro atoms. The van der Waals surface area contributed by atoms with Crippen molar-refractivity contribution in [3.8, 4) is 11.3 Å². The molecule has 0 amide bonds. The van der Waals surface area contributed by atoms with E-state index in [-0.39, 0.29) is 16.8 Å². The van der Waals surface area contributed by atoms with Gasteiger partial charge in [0.15, 0.2) is 5.52 Å². The van der Waals surface area contributed by atoms with E-state index in [9.17, 15) is 9.59 Å². The van der Waals surface area contributed by atoms with Gasteiger partial charge in [0, 0.05) is 11.6 Å². The molecule has 0 bridgehead atoms. The van der Waals surface area contributed by atoms with Gasteiger partial charge in [0.25, 0.3) is 5.56 Å². The van der Waals surface area contributed by atoms with Gasteiger partial charge in [-0.15, -0.1) is 5.10 Å². The lowest BCUT2D eigenvalue weighted by atomic mass is 10.1. The molecule has 23 heavy (non-hydrogen) atoms. The maximum Gasteiger partial charge on any atom is 0.361 e. The van der Waals surface area contributed by atoms with Crippen molar-refractivity contribution < 1.29 is 9.53 Å². The van der Waals surface area contributed by atoms with Crippen LogP contribution in [-0.2, 0) is 11.3 Å². The summed E-state index contributed by atoms with van der Waals surface area (Å²) in [6.07, 6.45) is 1.66. The molecule has 0 aliphatic heterocycles. The number of carbonyl (C=O) groups is 1. The van der Waals surface area contributed by atoms with Gasteiger partial charge in [-0.1, -0.05) is 28.9 Å². The van der Waals surface area contributed by atoms with Crippen LogP contribution >= 0.6 is 11.6 Å². The summed E-state index contributed by atoms with van der Waals surface area (Å²) in [4.78, 5) is 24.5. The summed E-state index contributed by atoms with van der Waals surface area (Å²) in [5.74, 6) is -0.695. The minimum atomic E-state index is -0.695. The summed E-state index contributed by atoms with van der Waals surface area (Å²) in [6.45, 7) is 2.28. The van der Waals surface area contributed by atoms with Crippen LogP contribution in [0.5, 0.6) is 0 Å². The van der Waals surface area contributed by atoms with Crippen molar-refractivity contribution in [2.24, 2.45) is 0 Å². The predicted molar refractivity (Wildman–Crippen MR) is 84.7 cm³/mol. The Morgan fingerprint density at radius 2 is 2.00 bits per heavy atom. The van der Waals surface area contributed by atoms with Crippen molar-refractivity contribution in [3.63, 3.8) is 0 Å². The quantitative estimate of drug-likeness (QED) is 0.686. The molecule has 2 heterocycles. The maximum absolute atomic E-state index is 12.8. The second-order valence-electron chi connectivity index (χ2n) is 4.79. The molecule has 0 fully saturated rings. The molecular weight excluding hydrogens is 320 g/mol. The van der Waals surface area contributed by atoms with Crippen molar-refractivity contribution in [2.45, 2.75) is 13.5 Å². The van der Waals surface area contributed by atoms with Crippen molar-refractivity contribution in [1.82, 2.24) is 19.4 Å². The van der Waals surface area contributed by atoms with Crippen LogP contribution in [0.1, 0.15) is 17.4 Å². The fourth-order valence-corrected chi connectivity index (χ4v) is 2.53. The number of hydrogen-bond donors (Lipinski definition) is 0. The Kier molecular flexibility index (Phi) is 3.87. The SMILES string of the molecule is CCn1c(-c2ccc(Cl)cc2)cn2nnc(C(=O)OC)c2c1=O. The lowest BCUT2D eigenvalue weighted by Crippen LogP contribution is -2.24. The lowest BCUT2D eigenvalue weighted by Gasteiger charge is -2.11. The van der Waals surface area contributed by atoms with Gasteiger partial charge in [-0.2, -0.15) is 0 Å². The molecule has 0 unspecified atom stereocenters. The van der Waals surface area contributed by atoms with Crippen LogP contribution in [0.3, 0.4) is 0 Å². The molecule has 8 heteroatoms. The van der Waals surface area contributed by atoms with Crippen LogP contribution in [0.15, 0.2) is 35.3 Å². The van der Waals surface area contributed by atoms with Crippen molar-refractivity contribution in [1.29, 1.82) is 0 Å². The molecule has 7 nitrogen and oxygen atoms in total. The molecule has 0 saturated carbocycles. The van der Waals surface area contributed by atoms with Gasteiger partial charge in [-0.25, -0.2) is 9.31 Å². The minimum Gasteiger partial charge on any atom is -0.464 e. The number of hydrogen-bond acceptors (Lipinski definition) is 5. The third-order valence-electron chi connectivity index (χ3n) is 3.51. The maximum atomic E-state index is 12.8. The van der Waals surface area contributed by atoms with Gasteiger partial charge in [-0.3, -0.25) is 4.79 Å². The van der Waals surface area contributed by atoms with E-state index < -0.39 is 5.97 Å². The molecule has 0 atom stereocenters. The number of esters is 1. The van der Waals surface area contributed by atoms with Crippen LogP contribution < -0.4 is 5.56 Å². The first-order valence-corrected chi connectivity index (χ1v) is 7.27. The lowest BCUT2D eigenvalue weighted by molar-refractivity contribution is 0.0596. The fraction of sp³-hybridized carbons (Fsp3) is 0.200. The summed E-state index contributed by atoms with van der Waals surface area (Å²) in [5, 5.41) is 8.21. The molecule has 0 radical (unpaired) electrons. The average Bonchev–Trinajstić information content (AvgIpc) is 2.99. The Morgan fingerprint density at radius 1 is 1.30 bits per heavy atom. The van der Waals surface area contributed by atoms with Crippen LogP contribution in [0, 0.1) is 0 Å². The smallest absolute Gasteiger partial charge is 0.361 e. The Labute approximate surface area is 136 Å². The van der Waals surface area contributed by atoms with Gasteiger partial charge in [0.2, 0.25) is 5.69 Å². The van der Waals surface area contributed by atoms with Gasteiger partial charge in [0.1, 0.15) is 0 Å². The molecule has 2 aromatic heterocycles. The predicted octanol–water partition coefficient (Wildman–Crippen LogP) is 2.02. The van der Waals surface area contributed by atoms with E-state index in [1.807, 2.05) is 19.1 Å². The monoisotopic (exact) mass is 332 g/mol. The number of aromatic nitrogens is 4. The number of ether oxygens (including phenoxy) is 1. The first-order valence-electron chi connectivity index (χ1n) is 6.90.